The van der Waals surface area contributed by atoms with E-state index < -0.39 is 17.4 Å². The SMILES string of the molecule is C=C(C)C(=O)OCCOc1ccc(C(=O)Oc2ccc(OCCCCCCCCCCCC)ccc2=O)cc1. The molecule has 212 valence electrons. The quantitative estimate of drug-likeness (QED) is 0.107. The molecule has 0 aromatic heterocycles. The topological polar surface area (TPSA) is 88.1 Å². The zero-order valence-electron chi connectivity index (χ0n) is 23.4. The first kappa shape index (κ1) is 31.6. The number of hydrogen-bond acceptors (Lipinski definition) is 7. The van der Waals surface area contributed by atoms with E-state index in [1.54, 1.807) is 31.2 Å². The first-order valence-corrected chi connectivity index (χ1v) is 14.0. The van der Waals surface area contributed by atoms with Crippen molar-refractivity contribution in [3.05, 3.63) is 76.5 Å². The lowest BCUT2D eigenvalue weighted by atomic mass is 10.1. The van der Waals surface area contributed by atoms with Gasteiger partial charge in [0, 0.05) is 5.57 Å². The minimum atomic E-state index is -0.659. The molecule has 39 heavy (non-hydrogen) atoms. The van der Waals surface area contributed by atoms with Gasteiger partial charge in [-0.25, -0.2) is 9.59 Å². The number of esters is 2. The summed E-state index contributed by atoms with van der Waals surface area (Å²) in [5, 5.41) is 0. The van der Waals surface area contributed by atoms with Gasteiger partial charge in [-0.2, -0.15) is 0 Å². The lowest BCUT2D eigenvalue weighted by Crippen LogP contribution is -2.14. The molecule has 0 saturated carbocycles. The van der Waals surface area contributed by atoms with E-state index in [-0.39, 0.29) is 24.5 Å². The van der Waals surface area contributed by atoms with Crippen LogP contribution in [0, 0.1) is 0 Å². The van der Waals surface area contributed by atoms with Crippen LogP contribution in [0.15, 0.2) is 65.5 Å². The summed E-state index contributed by atoms with van der Waals surface area (Å²) in [6.07, 6.45) is 12.5. The molecular formula is C32H42O7. The lowest BCUT2D eigenvalue weighted by Gasteiger charge is -2.08. The summed E-state index contributed by atoms with van der Waals surface area (Å²) < 4.78 is 21.6. The van der Waals surface area contributed by atoms with Crippen molar-refractivity contribution >= 4 is 11.9 Å². The number of unbranched alkanes of at least 4 members (excludes halogenated alkanes) is 9. The fourth-order valence-electron chi connectivity index (χ4n) is 3.76. The molecule has 7 nitrogen and oxygen atoms in total. The number of benzene rings is 1. The second-order valence-corrected chi connectivity index (χ2v) is 9.51. The maximum Gasteiger partial charge on any atom is 0.343 e. The van der Waals surface area contributed by atoms with Gasteiger partial charge in [0.15, 0.2) is 5.75 Å². The number of rotatable bonds is 19. The first-order valence-electron chi connectivity index (χ1n) is 14.0. The Labute approximate surface area is 232 Å². The smallest absolute Gasteiger partial charge is 0.343 e. The molecule has 0 fully saturated rings. The summed E-state index contributed by atoms with van der Waals surface area (Å²) in [6, 6.07) is 12.3. The standard InChI is InChI=1S/C32H42O7/c1-4-5-6-7-8-9-10-11-12-13-22-36-28-18-20-29(33)30(21-19-28)39-32(35)26-14-16-27(17-15-26)37-23-24-38-31(34)25(2)3/h14-21H,2,4-13,22-24H2,1,3H3. The van der Waals surface area contributed by atoms with Crippen LogP contribution in [0.1, 0.15) is 88.4 Å². The molecule has 0 saturated heterocycles. The first-order chi connectivity index (χ1) is 18.9. The Kier molecular flexibility index (Phi) is 15.1. The Balaban J connectivity index is 1.72. The van der Waals surface area contributed by atoms with Crippen molar-refractivity contribution in [2.75, 3.05) is 19.8 Å². The largest absolute Gasteiger partial charge is 0.494 e. The third-order valence-electron chi connectivity index (χ3n) is 6.03. The highest BCUT2D eigenvalue weighted by Gasteiger charge is 2.11. The lowest BCUT2D eigenvalue weighted by molar-refractivity contribution is -0.139. The van der Waals surface area contributed by atoms with Crippen LogP contribution in [-0.4, -0.2) is 31.8 Å². The van der Waals surface area contributed by atoms with E-state index in [0.717, 1.165) is 12.8 Å². The Hall–Kier alpha value is -3.61. The average molecular weight is 539 g/mol. The van der Waals surface area contributed by atoms with Gasteiger partial charge in [0.25, 0.3) is 0 Å². The van der Waals surface area contributed by atoms with Crippen LogP contribution in [0.4, 0.5) is 0 Å². The minimum absolute atomic E-state index is 0.0755. The van der Waals surface area contributed by atoms with Crippen LogP contribution in [-0.2, 0) is 9.53 Å². The molecule has 0 unspecified atom stereocenters. The summed E-state index contributed by atoms with van der Waals surface area (Å²) in [5.74, 6) is -0.156. The Morgan fingerprint density at radius 1 is 0.692 bits per heavy atom. The van der Waals surface area contributed by atoms with E-state index in [2.05, 4.69) is 13.5 Å². The maximum absolute atomic E-state index is 12.5. The molecule has 0 atom stereocenters. The molecule has 0 aliphatic rings. The zero-order valence-corrected chi connectivity index (χ0v) is 23.4. The maximum atomic E-state index is 12.5. The average Bonchev–Trinajstić information content (AvgIpc) is 3.10. The number of ether oxygens (including phenoxy) is 4. The molecular weight excluding hydrogens is 496 g/mol. The summed E-state index contributed by atoms with van der Waals surface area (Å²) in [6.45, 7) is 8.13. The predicted molar refractivity (Wildman–Crippen MR) is 153 cm³/mol. The van der Waals surface area contributed by atoms with Gasteiger partial charge in [-0.1, -0.05) is 71.3 Å². The number of hydrogen-bond donors (Lipinski definition) is 0. The highest BCUT2D eigenvalue weighted by atomic mass is 16.6. The molecule has 0 amide bonds. The normalized spacial score (nSPS) is 10.5. The Bertz CT molecular complexity index is 1090. The van der Waals surface area contributed by atoms with Gasteiger partial charge >= 0.3 is 11.9 Å². The third-order valence-corrected chi connectivity index (χ3v) is 6.03. The van der Waals surface area contributed by atoms with E-state index >= 15 is 0 Å². The Morgan fingerprint density at radius 3 is 1.85 bits per heavy atom. The van der Waals surface area contributed by atoms with Crippen molar-refractivity contribution < 1.29 is 28.5 Å². The predicted octanol–water partition coefficient (Wildman–Crippen LogP) is 7.06. The number of carbonyl (C=O) groups excluding carboxylic acids is 2. The van der Waals surface area contributed by atoms with Crippen molar-refractivity contribution in [2.24, 2.45) is 0 Å². The van der Waals surface area contributed by atoms with Crippen LogP contribution in [0.5, 0.6) is 17.2 Å². The van der Waals surface area contributed by atoms with Gasteiger partial charge in [0.2, 0.25) is 5.43 Å². The molecule has 0 N–H and O–H groups in total. The molecule has 2 aromatic carbocycles. The van der Waals surface area contributed by atoms with Crippen molar-refractivity contribution in [3.8, 4) is 17.2 Å². The summed E-state index contributed by atoms with van der Waals surface area (Å²) >= 11 is 0. The molecule has 7 heteroatoms. The van der Waals surface area contributed by atoms with Crippen LogP contribution >= 0.6 is 0 Å². The Morgan fingerprint density at radius 2 is 1.23 bits per heavy atom. The van der Waals surface area contributed by atoms with E-state index in [0.29, 0.717) is 23.7 Å². The molecule has 0 spiro atoms. The minimum Gasteiger partial charge on any atom is -0.494 e. The molecule has 0 aliphatic carbocycles. The molecule has 2 rings (SSSR count). The van der Waals surface area contributed by atoms with Crippen molar-refractivity contribution in [3.63, 3.8) is 0 Å². The fourth-order valence-corrected chi connectivity index (χ4v) is 3.76. The summed E-state index contributed by atoms with van der Waals surface area (Å²) in [5.41, 5.74) is 0.167. The van der Waals surface area contributed by atoms with Crippen molar-refractivity contribution in [2.45, 2.75) is 78.1 Å². The van der Waals surface area contributed by atoms with Crippen LogP contribution in [0.3, 0.4) is 0 Å². The van der Waals surface area contributed by atoms with Gasteiger partial charge < -0.3 is 18.9 Å². The monoisotopic (exact) mass is 538 g/mol. The van der Waals surface area contributed by atoms with E-state index in [1.165, 1.54) is 75.6 Å². The fraction of sp³-hybridized carbons (Fsp3) is 0.469. The van der Waals surface area contributed by atoms with Gasteiger partial charge in [0.05, 0.1) is 12.2 Å². The molecule has 0 radical (unpaired) electrons. The second-order valence-electron chi connectivity index (χ2n) is 9.51. The third kappa shape index (κ3) is 13.1. The van der Waals surface area contributed by atoms with Gasteiger partial charge in [-0.15, -0.1) is 0 Å². The van der Waals surface area contributed by atoms with Gasteiger partial charge in [-0.05, 0) is 61.9 Å². The molecule has 0 heterocycles. The van der Waals surface area contributed by atoms with E-state index in [4.69, 9.17) is 18.9 Å². The van der Waals surface area contributed by atoms with Crippen LogP contribution in [0.2, 0.25) is 0 Å². The number of carbonyl (C=O) groups is 2. The van der Waals surface area contributed by atoms with Gasteiger partial charge in [-0.3, -0.25) is 4.79 Å². The van der Waals surface area contributed by atoms with Gasteiger partial charge in [0.1, 0.15) is 24.7 Å². The highest BCUT2D eigenvalue weighted by Crippen LogP contribution is 2.16. The molecule has 2 aromatic rings. The summed E-state index contributed by atoms with van der Waals surface area (Å²) in [4.78, 5) is 36.3. The zero-order chi connectivity index (χ0) is 28.3. The van der Waals surface area contributed by atoms with E-state index in [9.17, 15) is 14.4 Å². The summed E-state index contributed by atoms with van der Waals surface area (Å²) in [7, 11) is 0. The van der Waals surface area contributed by atoms with Crippen molar-refractivity contribution in [1.29, 1.82) is 0 Å². The second kappa shape index (κ2) is 18.6. The highest BCUT2D eigenvalue weighted by molar-refractivity contribution is 5.91. The van der Waals surface area contributed by atoms with E-state index in [1.807, 2.05) is 0 Å². The van der Waals surface area contributed by atoms with Crippen LogP contribution in [0.25, 0.3) is 0 Å². The van der Waals surface area contributed by atoms with Crippen molar-refractivity contribution in [1.82, 2.24) is 0 Å². The molecule has 0 bridgehead atoms. The van der Waals surface area contributed by atoms with Crippen LogP contribution < -0.4 is 19.6 Å². The molecule has 0 aliphatic heterocycles.